The number of amides is 1. The molecule has 1 saturated carbocycles. The van der Waals surface area contributed by atoms with Gasteiger partial charge in [-0.1, -0.05) is 6.08 Å². The minimum atomic E-state index is -0.648. The summed E-state index contributed by atoms with van der Waals surface area (Å²) in [5.74, 6) is -0.850. The maximum absolute atomic E-state index is 12.6. The van der Waals surface area contributed by atoms with E-state index in [1.807, 2.05) is 0 Å². The second kappa shape index (κ2) is 7.68. The molecule has 0 radical (unpaired) electrons. The molecule has 1 aromatic carbocycles. The number of carbonyl (C=O) groups excluding carboxylic acids is 2. The molecule has 0 aliphatic heterocycles. The third kappa shape index (κ3) is 4.09. The van der Waals surface area contributed by atoms with E-state index in [-0.39, 0.29) is 29.8 Å². The fourth-order valence-corrected chi connectivity index (χ4v) is 3.24. The van der Waals surface area contributed by atoms with Crippen LogP contribution in [0.4, 0.5) is 5.69 Å². The van der Waals surface area contributed by atoms with Crippen LogP contribution in [0.5, 0.6) is 0 Å². The van der Waals surface area contributed by atoms with Gasteiger partial charge >= 0.3 is 5.97 Å². The Morgan fingerprint density at radius 3 is 2.65 bits per heavy atom. The molecule has 3 rings (SSSR count). The number of allylic oxidation sites excluding steroid dienone is 2. The molecule has 1 fully saturated rings. The number of nitro benzene ring substituents is 1. The van der Waals surface area contributed by atoms with Crippen LogP contribution in [-0.4, -0.2) is 34.3 Å². The lowest BCUT2D eigenvalue weighted by atomic mass is 10.0. The summed E-state index contributed by atoms with van der Waals surface area (Å²) in [6, 6.07) is 4.26. The fourth-order valence-electron chi connectivity index (χ4n) is 3.24. The first-order chi connectivity index (χ1) is 12.5. The van der Waals surface area contributed by atoms with Crippen molar-refractivity contribution in [3.63, 3.8) is 0 Å². The predicted octanol–water partition coefficient (Wildman–Crippen LogP) is 3.51. The van der Waals surface area contributed by atoms with Crippen molar-refractivity contribution >= 4 is 17.6 Å². The SMILES string of the molecule is Cc1cc(C(=O)OCC(=O)N(C2=CCCCC2)C2CC2)ccc1[N+](=O)[O-]. The molecule has 0 atom stereocenters. The molecular weight excluding hydrogens is 336 g/mol. The highest BCUT2D eigenvalue weighted by atomic mass is 16.6. The van der Waals surface area contributed by atoms with Gasteiger partial charge in [-0.15, -0.1) is 0 Å². The molecule has 0 saturated heterocycles. The van der Waals surface area contributed by atoms with Crippen LogP contribution in [0.25, 0.3) is 0 Å². The largest absolute Gasteiger partial charge is 0.452 e. The van der Waals surface area contributed by atoms with Crippen molar-refractivity contribution in [3.05, 3.63) is 51.2 Å². The molecule has 0 unspecified atom stereocenters. The molecule has 0 heterocycles. The number of esters is 1. The zero-order chi connectivity index (χ0) is 18.7. The first-order valence-corrected chi connectivity index (χ1v) is 8.90. The van der Waals surface area contributed by atoms with Gasteiger partial charge in [-0.25, -0.2) is 4.79 Å². The summed E-state index contributed by atoms with van der Waals surface area (Å²) < 4.78 is 5.17. The Morgan fingerprint density at radius 2 is 2.08 bits per heavy atom. The summed E-state index contributed by atoms with van der Waals surface area (Å²) in [5, 5.41) is 10.8. The molecule has 7 nitrogen and oxygen atoms in total. The lowest BCUT2D eigenvalue weighted by Gasteiger charge is -2.27. The number of aryl methyl sites for hydroxylation is 1. The average molecular weight is 358 g/mol. The van der Waals surface area contributed by atoms with Crippen molar-refractivity contribution in [2.45, 2.75) is 51.5 Å². The lowest BCUT2D eigenvalue weighted by molar-refractivity contribution is -0.385. The van der Waals surface area contributed by atoms with Crippen molar-refractivity contribution in [1.29, 1.82) is 0 Å². The highest BCUT2D eigenvalue weighted by Gasteiger charge is 2.35. The van der Waals surface area contributed by atoms with Gasteiger partial charge in [-0.2, -0.15) is 0 Å². The molecule has 0 spiro atoms. The predicted molar refractivity (Wildman–Crippen MR) is 94.5 cm³/mol. The molecule has 138 valence electrons. The fraction of sp³-hybridized carbons (Fsp3) is 0.474. The van der Waals surface area contributed by atoms with E-state index in [0.717, 1.165) is 44.2 Å². The van der Waals surface area contributed by atoms with Crippen molar-refractivity contribution in [2.75, 3.05) is 6.61 Å². The zero-order valence-corrected chi connectivity index (χ0v) is 14.8. The van der Waals surface area contributed by atoms with Crippen molar-refractivity contribution in [2.24, 2.45) is 0 Å². The van der Waals surface area contributed by atoms with Crippen molar-refractivity contribution in [3.8, 4) is 0 Å². The van der Waals surface area contributed by atoms with E-state index in [0.29, 0.717) is 5.56 Å². The molecule has 7 heteroatoms. The van der Waals surface area contributed by atoms with Crippen LogP contribution < -0.4 is 0 Å². The number of benzene rings is 1. The van der Waals surface area contributed by atoms with E-state index in [2.05, 4.69) is 6.08 Å². The van der Waals surface area contributed by atoms with E-state index in [4.69, 9.17) is 4.74 Å². The van der Waals surface area contributed by atoms with Crippen LogP contribution in [0.3, 0.4) is 0 Å². The third-order valence-electron chi connectivity index (χ3n) is 4.71. The van der Waals surface area contributed by atoms with Gasteiger partial charge in [0.25, 0.3) is 11.6 Å². The Kier molecular flexibility index (Phi) is 5.35. The number of nitro groups is 1. The van der Waals surface area contributed by atoms with Crippen molar-refractivity contribution in [1.82, 2.24) is 4.90 Å². The van der Waals surface area contributed by atoms with Gasteiger partial charge in [-0.05, 0) is 57.6 Å². The summed E-state index contributed by atoms with van der Waals surface area (Å²) >= 11 is 0. The number of nitrogens with zero attached hydrogens (tertiary/aromatic N) is 2. The monoisotopic (exact) mass is 358 g/mol. The third-order valence-corrected chi connectivity index (χ3v) is 4.71. The van der Waals surface area contributed by atoms with Crippen LogP contribution >= 0.6 is 0 Å². The van der Waals surface area contributed by atoms with Gasteiger partial charge in [0.05, 0.1) is 10.5 Å². The molecule has 2 aliphatic rings. The number of rotatable bonds is 6. The smallest absolute Gasteiger partial charge is 0.338 e. The van der Waals surface area contributed by atoms with Crippen molar-refractivity contribution < 1.29 is 19.2 Å². The maximum Gasteiger partial charge on any atom is 0.338 e. The quantitative estimate of drug-likeness (QED) is 0.441. The van der Waals surface area contributed by atoms with Gasteiger partial charge in [0, 0.05) is 23.4 Å². The zero-order valence-electron chi connectivity index (χ0n) is 14.8. The molecule has 1 aromatic rings. The van der Waals surface area contributed by atoms with Crippen LogP contribution in [-0.2, 0) is 9.53 Å². The van der Waals surface area contributed by atoms with Gasteiger partial charge in [0.1, 0.15) is 0 Å². The topological polar surface area (TPSA) is 89.8 Å². The summed E-state index contributed by atoms with van der Waals surface area (Å²) in [5.41, 5.74) is 1.58. The Bertz CT molecular complexity index is 767. The second-order valence-electron chi connectivity index (χ2n) is 6.77. The summed E-state index contributed by atoms with van der Waals surface area (Å²) in [4.78, 5) is 36.9. The number of ether oxygens (including phenoxy) is 1. The molecule has 26 heavy (non-hydrogen) atoms. The Balaban J connectivity index is 1.63. The van der Waals surface area contributed by atoms with Crippen LogP contribution in [0.15, 0.2) is 30.0 Å². The van der Waals surface area contributed by atoms with Gasteiger partial charge in [-0.3, -0.25) is 14.9 Å². The Hall–Kier alpha value is -2.70. The molecule has 0 bridgehead atoms. The summed E-state index contributed by atoms with van der Waals surface area (Å²) in [6.07, 6.45) is 8.17. The van der Waals surface area contributed by atoms with Gasteiger partial charge < -0.3 is 9.64 Å². The van der Waals surface area contributed by atoms with E-state index in [1.165, 1.54) is 18.2 Å². The number of hydrogen-bond donors (Lipinski definition) is 0. The molecular formula is C19H22N2O5. The van der Waals surface area contributed by atoms with E-state index >= 15 is 0 Å². The Labute approximate surface area is 151 Å². The molecule has 0 aromatic heterocycles. The Morgan fingerprint density at radius 1 is 1.31 bits per heavy atom. The minimum Gasteiger partial charge on any atom is -0.452 e. The average Bonchev–Trinajstić information content (AvgIpc) is 3.45. The summed E-state index contributed by atoms with van der Waals surface area (Å²) in [6.45, 7) is 1.24. The first kappa shape index (κ1) is 18.1. The molecule has 2 aliphatic carbocycles. The second-order valence-corrected chi connectivity index (χ2v) is 6.77. The summed E-state index contributed by atoms with van der Waals surface area (Å²) in [7, 11) is 0. The highest BCUT2D eigenvalue weighted by molar-refractivity contribution is 5.92. The lowest BCUT2D eigenvalue weighted by Crippen LogP contribution is -2.36. The number of hydrogen-bond acceptors (Lipinski definition) is 5. The van der Waals surface area contributed by atoms with E-state index in [9.17, 15) is 19.7 Å². The maximum atomic E-state index is 12.6. The van der Waals surface area contributed by atoms with Gasteiger partial charge in [0.15, 0.2) is 6.61 Å². The van der Waals surface area contributed by atoms with Gasteiger partial charge in [0.2, 0.25) is 0 Å². The van der Waals surface area contributed by atoms with E-state index in [1.54, 1.807) is 11.8 Å². The molecule has 1 amide bonds. The number of carbonyl (C=O) groups is 2. The molecule has 0 N–H and O–H groups in total. The minimum absolute atomic E-state index is 0.0539. The van der Waals surface area contributed by atoms with Crippen LogP contribution in [0, 0.1) is 17.0 Å². The van der Waals surface area contributed by atoms with Crippen LogP contribution in [0.2, 0.25) is 0 Å². The highest BCUT2D eigenvalue weighted by Crippen LogP contribution is 2.33. The normalized spacial score (nSPS) is 16.6. The standard InChI is InChI=1S/C19H22N2O5/c1-13-11-14(7-10-17(13)21(24)25)19(23)26-12-18(22)20(16-8-9-16)15-5-3-2-4-6-15/h5,7,10-11,16H,2-4,6,8-9,12H2,1H3. The first-order valence-electron chi connectivity index (χ1n) is 8.90. The van der Waals surface area contributed by atoms with E-state index < -0.39 is 10.9 Å². The van der Waals surface area contributed by atoms with Crippen LogP contribution in [0.1, 0.15) is 54.4 Å².